The van der Waals surface area contributed by atoms with Gasteiger partial charge in [0.1, 0.15) is 11.6 Å². The fourth-order valence-corrected chi connectivity index (χ4v) is 5.82. The van der Waals surface area contributed by atoms with Crippen molar-refractivity contribution in [2.75, 3.05) is 54.1 Å². The van der Waals surface area contributed by atoms with Crippen LogP contribution in [-0.4, -0.2) is 61.2 Å². The van der Waals surface area contributed by atoms with Gasteiger partial charge in [-0.2, -0.15) is 0 Å². The Hall–Kier alpha value is -4.27. The monoisotopic (exact) mass is 512 g/mol. The van der Waals surface area contributed by atoms with Crippen LogP contribution in [0.4, 0.5) is 27.7 Å². The number of hydrogen-bond acceptors (Lipinski definition) is 6. The predicted molar refractivity (Wildman–Crippen MR) is 148 cm³/mol. The molecule has 38 heavy (non-hydrogen) atoms. The number of nitrogen functional groups attached to an aromatic ring is 1. The molecule has 3 aliphatic heterocycles. The zero-order chi connectivity index (χ0) is 26.2. The van der Waals surface area contributed by atoms with Gasteiger partial charge in [0.2, 0.25) is 0 Å². The maximum Gasteiger partial charge on any atom is 0.322 e. The number of piperidine rings is 1. The first-order chi connectivity index (χ1) is 18.5. The molecule has 1 saturated heterocycles. The largest absolute Gasteiger partial charge is 0.497 e. The second-order valence-corrected chi connectivity index (χ2v) is 10.1. The van der Waals surface area contributed by atoms with Gasteiger partial charge in [-0.1, -0.05) is 18.2 Å². The summed E-state index contributed by atoms with van der Waals surface area (Å²) in [6, 6.07) is 15.7. The van der Waals surface area contributed by atoms with E-state index in [2.05, 4.69) is 21.3 Å². The molecule has 196 valence electrons. The molecule has 3 aromatic rings. The van der Waals surface area contributed by atoms with Crippen LogP contribution in [0.3, 0.4) is 0 Å². The van der Waals surface area contributed by atoms with E-state index < -0.39 is 0 Å². The van der Waals surface area contributed by atoms with E-state index in [1.54, 1.807) is 13.3 Å². The van der Waals surface area contributed by atoms with Crippen molar-refractivity contribution in [3.63, 3.8) is 0 Å². The Morgan fingerprint density at radius 1 is 1.03 bits per heavy atom. The van der Waals surface area contributed by atoms with Gasteiger partial charge >= 0.3 is 6.03 Å². The van der Waals surface area contributed by atoms with Gasteiger partial charge < -0.3 is 30.5 Å². The maximum atomic E-state index is 13.5. The number of fused-ring (bicyclic) bond motifs is 2. The van der Waals surface area contributed by atoms with Gasteiger partial charge in [-0.25, -0.2) is 9.78 Å². The normalized spacial score (nSPS) is 17.5. The number of benzene rings is 2. The Labute approximate surface area is 222 Å². The smallest absolute Gasteiger partial charge is 0.322 e. The van der Waals surface area contributed by atoms with Gasteiger partial charge in [-0.15, -0.1) is 0 Å². The number of nitrogens with one attached hydrogen (secondary N) is 1. The molecule has 1 fully saturated rings. The molecule has 9 heteroatoms. The molecule has 0 radical (unpaired) electrons. The van der Waals surface area contributed by atoms with Crippen LogP contribution in [0.1, 0.15) is 34.3 Å². The average molecular weight is 513 g/mol. The summed E-state index contributed by atoms with van der Waals surface area (Å²) in [6.45, 7) is 2.79. The van der Waals surface area contributed by atoms with Crippen molar-refractivity contribution in [3.8, 4) is 5.75 Å². The molecular formula is C29H32N6O3. The third-order valence-electron chi connectivity index (χ3n) is 7.95. The van der Waals surface area contributed by atoms with E-state index in [0.29, 0.717) is 24.3 Å². The SMILES string of the molecule is COc1ccc2c(c1)CCN(C1CCN(c3cc(C(=O)N4CCc5ccccc54)c(N)cn3)CC1)C(=O)N2. The Bertz CT molecular complexity index is 1380. The molecular weight excluding hydrogens is 480 g/mol. The number of anilines is 4. The lowest BCUT2D eigenvalue weighted by Gasteiger charge is -2.38. The summed E-state index contributed by atoms with van der Waals surface area (Å²) in [7, 11) is 1.65. The summed E-state index contributed by atoms with van der Waals surface area (Å²) < 4.78 is 5.35. The summed E-state index contributed by atoms with van der Waals surface area (Å²) in [6.07, 6.45) is 4.85. The molecule has 9 nitrogen and oxygen atoms in total. The Kier molecular flexibility index (Phi) is 6.27. The number of nitrogens with two attached hydrogens (primary N) is 1. The summed E-state index contributed by atoms with van der Waals surface area (Å²) >= 11 is 0. The van der Waals surface area contributed by atoms with E-state index in [9.17, 15) is 9.59 Å². The number of pyridine rings is 1. The van der Waals surface area contributed by atoms with Crippen molar-refractivity contribution in [1.29, 1.82) is 0 Å². The molecule has 0 atom stereocenters. The standard InChI is InChI=1S/C29H32N6O3/c1-38-22-6-7-25-20(16-22)9-14-34(29(37)32-25)21-10-12-33(13-11-21)27-17-23(24(30)18-31-27)28(36)35-15-8-19-4-2-3-5-26(19)35/h2-7,16-18,21H,8-15,30H2,1H3,(H,32,37). The molecule has 3 amide bonds. The summed E-state index contributed by atoms with van der Waals surface area (Å²) in [4.78, 5) is 37.0. The number of urea groups is 1. The number of amides is 3. The van der Waals surface area contributed by atoms with Crippen molar-refractivity contribution >= 4 is 34.8 Å². The van der Waals surface area contributed by atoms with Gasteiger partial charge in [-0.3, -0.25) is 4.79 Å². The van der Waals surface area contributed by atoms with E-state index in [-0.39, 0.29) is 18.0 Å². The molecule has 2 aromatic carbocycles. The number of para-hydroxylation sites is 1. The van der Waals surface area contributed by atoms with Crippen molar-refractivity contribution < 1.29 is 14.3 Å². The van der Waals surface area contributed by atoms with Gasteiger partial charge in [0.05, 0.1) is 24.6 Å². The van der Waals surface area contributed by atoms with Crippen molar-refractivity contribution in [2.45, 2.75) is 31.7 Å². The second-order valence-electron chi connectivity index (χ2n) is 10.1. The molecule has 0 spiro atoms. The summed E-state index contributed by atoms with van der Waals surface area (Å²) in [5, 5.41) is 3.07. The fourth-order valence-electron chi connectivity index (χ4n) is 5.82. The number of carbonyl (C=O) groups excluding carboxylic acids is 2. The molecule has 4 heterocycles. The summed E-state index contributed by atoms with van der Waals surface area (Å²) in [5.41, 5.74) is 11.1. The van der Waals surface area contributed by atoms with Gasteiger partial charge in [0.15, 0.2) is 0 Å². The van der Waals surface area contributed by atoms with Crippen LogP contribution in [0.25, 0.3) is 0 Å². The van der Waals surface area contributed by atoms with Crippen LogP contribution in [0, 0.1) is 0 Å². The first-order valence-electron chi connectivity index (χ1n) is 13.2. The minimum atomic E-state index is -0.0941. The van der Waals surface area contributed by atoms with Crippen molar-refractivity contribution in [1.82, 2.24) is 9.88 Å². The lowest BCUT2D eigenvalue weighted by Crippen LogP contribution is -2.49. The van der Waals surface area contributed by atoms with E-state index in [1.807, 2.05) is 52.3 Å². The molecule has 0 bridgehead atoms. The number of rotatable bonds is 4. The lowest BCUT2D eigenvalue weighted by molar-refractivity contribution is 0.0990. The molecule has 0 saturated carbocycles. The zero-order valence-electron chi connectivity index (χ0n) is 21.5. The maximum absolute atomic E-state index is 13.5. The Balaban J connectivity index is 1.13. The second kappa shape index (κ2) is 9.89. The fraction of sp³-hybridized carbons (Fsp3) is 0.345. The van der Waals surface area contributed by atoms with Gasteiger partial charge in [0.25, 0.3) is 5.91 Å². The minimum absolute atomic E-state index is 0.0586. The van der Waals surface area contributed by atoms with E-state index in [4.69, 9.17) is 10.5 Å². The summed E-state index contributed by atoms with van der Waals surface area (Å²) in [5.74, 6) is 1.44. The number of hydrogen-bond donors (Lipinski definition) is 2. The highest BCUT2D eigenvalue weighted by Crippen LogP contribution is 2.32. The van der Waals surface area contributed by atoms with Crippen LogP contribution in [0.2, 0.25) is 0 Å². The van der Waals surface area contributed by atoms with Crippen LogP contribution in [0.15, 0.2) is 54.7 Å². The molecule has 0 aliphatic carbocycles. The first-order valence-corrected chi connectivity index (χ1v) is 13.2. The highest BCUT2D eigenvalue weighted by molar-refractivity contribution is 6.10. The topological polar surface area (TPSA) is 104 Å². The predicted octanol–water partition coefficient (Wildman–Crippen LogP) is 3.93. The van der Waals surface area contributed by atoms with Crippen LogP contribution >= 0.6 is 0 Å². The van der Waals surface area contributed by atoms with E-state index in [0.717, 1.165) is 67.3 Å². The molecule has 0 unspecified atom stereocenters. The number of carbonyl (C=O) groups is 2. The van der Waals surface area contributed by atoms with E-state index >= 15 is 0 Å². The third-order valence-corrected chi connectivity index (χ3v) is 7.95. The van der Waals surface area contributed by atoms with Crippen LogP contribution in [0.5, 0.6) is 5.75 Å². The Morgan fingerprint density at radius 3 is 2.63 bits per heavy atom. The first kappa shape index (κ1) is 24.1. The molecule has 6 rings (SSSR count). The highest BCUT2D eigenvalue weighted by Gasteiger charge is 2.32. The van der Waals surface area contributed by atoms with Crippen molar-refractivity contribution in [2.24, 2.45) is 0 Å². The molecule has 3 N–H and O–H groups in total. The quantitative estimate of drug-likeness (QED) is 0.549. The minimum Gasteiger partial charge on any atom is -0.497 e. The Morgan fingerprint density at radius 2 is 1.82 bits per heavy atom. The highest BCUT2D eigenvalue weighted by atomic mass is 16.5. The van der Waals surface area contributed by atoms with Crippen molar-refractivity contribution in [3.05, 3.63) is 71.4 Å². The number of aromatic nitrogens is 1. The van der Waals surface area contributed by atoms with Crippen LogP contribution in [-0.2, 0) is 12.8 Å². The lowest BCUT2D eigenvalue weighted by atomic mass is 10.0. The zero-order valence-corrected chi connectivity index (χ0v) is 21.5. The van der Waals surface area contributed by atoms with E-state index in [1.165, 1.54) is 5.56 Å². The molecule has 1 aromatic heterocycles. The molecule has 3 aliphatic rings. The third kappa shape index (κ3) is 4.38. The van der Waals surface area contributed by atoms with Crippen LogP contribution < -0.4 is 25.6 Å². The average Bonchev–Trinajstić information content (AvgIpc) is 3.31. The van der Waals surface area contributed by atoms with Gasteiger partial charge in [-0.05, 0) is 67.1 Å². The number of methoxy groups -OCH3 is 1. The van der Waals surface area contributed by atoms with Gasteiger partial charge in [0, 0.05) is 43.6 Å². The number of ether oxygens (including phenoxy) is 1. The number of nitrogens with zero attached hydrogens (tertiary/aromatic N) is 4.